The summed E-state index contributed by atoms with van der Waals surface area (Å²) >= 11 is 0. The number of likely N-dealkylation sites (N-methyl/N-ethyl adjacent to an activating group) is 1. The number of hydrogen-bond donors (Lipinski definition) is 0. The molecule has 2 aromatic carbocycles. The van der Waals surface area contributed by atoms with Crippen molar-refractivity contribution >= 4 is 17.5 Å². The molecule has 0 spiro atoms. The van der Waals surface area contributed by atoms with Crippen LogP contribution in [-0.4, -0.2) is 35.8 Å². The van der Waals surface area contributed by atoms with E-state index in [1.807, 2.05) is 58.3 Å². The minimum absolute atomic E-state index is 0.00976. The minimum atomic E-state index is -0.150. The summed E-state index contributed by atoms with van der Waals surface area (Å²) < 4.78 is 0. The maximum atomic E-state index is 13.2. The highest BCUT2D eigenvalue weighted by Gasteiger charge is 2.39. The third-order valence-electron chi connectivity index (χ3n) is 6.01. The van der Waals surface area contributed by atoms with Crippen LogP contribution in [0, 0.1) is 0 Å². The van der Waals surface area contributed by atoms with Crippen LogP contribution in [0.15, 0.2) is 48.5 Å². The molecule has 1 fully saturated rings. The predicted molar refractivity (Wildman–Crippen MR) is 112 cm³/mol. The first-order valence-electron chi connectivity index (χ1n) is 10.4. The Bertz CT molecular complexity index is 870. The molecule has 2 aromatic rings. The van der Waals surface area contributed by atoms with Gasteiger partial charge in [-0.3, -0.25) is 9.59 Å². The second-order valence-corrected chi connectivity index (χ2v) is 7.76. The fourth-order valence-corrected chi connectivity index (χ4v) is 4.25. The van der Waals surface area contributed by atoms with E-state index >= 15 is 0 Å². The number of aryl methyl sites for hydroxylation is 1. The molecule has 1 heterocycles. The second kappa shape index (κ2) is 7.78. The molecule has 0 saturated heterocycles. The first-order valence-corrected chi connectivity index (χ1v) is 10.4. The average Bonchev–Trinajstić information content (AvgIpc) is 3.58. The average molecular weight is 377 g/mol. The molecule has 4 nitrogen and oxygen atoms in total. The van der Waals surface area contributed by atoms with Crippen LogP contribution in [0.25, 0.3) is 0 Å². The number of benzene rings is 2. The zero-order chi connectivity index (χ0) is 19.7. The van der Waals surface area contributed by atoms with Gasteiger partial charge in [-0.2, -0.15) is 0 Å². The van der Waals surface area contributed by atoms with Crippen LogP contribution in [0.2, 0.25) is 0 Å². The van der Waals surface area contributed by atoms with Gasteiger partial charge in [0, 0.05) is 30.4 Å². The number of amides is 2. The zero-order valence-electron chi connectivity index (χ0n) is 16.7. The zero-order valence-corrected chi connectivity index (χ0v) is 16.7. The van der Waals surface area contributed by atoms with Crippen LogP contribution in [-0.2, 0) is 11.2 Å². The molecule has 2 aliphatic rings. The van der Waals surface area contributed by atoms with Crippen LogP contribution < -0.4 is 4.90 Å². The smallest absolute Gasteiger partial charge is 0.258 e. The molecule has 1 saturated carbocycles. The van der Waals surface area contributed by atoms with Gasteiger partial charge in [0.25, 0.3) is 5.91 Å². The number of nitrogens with zero attached hydrogens (tertiary/aromatic N) is 2. The molecule has 0 bridgehead atoms. The maximum absolute atomic E-state index is 13.2. The Kier molecular flexibility index (Phi) is 5.21. The monoisotopic (exact) mass is 376 g/mol. The van der Waals surface area contributed by atoms with E-state index in [-0.39, 0.29) is 17.7 Å². The number of hydrogen-bond acceptors (Lipinski definition) is 2. The van der Waals surface area contributed by atoms with Crippen LogP contribution in [0.1, 0.15) is 60.5 Å². The van der Waals surface area contributed by atoms with Crippen LogP contribution in [0.3, 0.4) is 0 Å². The standard InChI is InChI=1S/C24H28N2O2/c1-3-17-9-11-18(12-10-17)23(27)26-16-15-21(20-7-5-6-8-22(20)26)24(28)25(4-2)19-13-14-19/h5-12,19,21H,3-4,13-16H2,1-2H3. The molecule has 0 radical (unpaired) electrons. The van der Waals surface area contributed by atoms with Gasteiger partial charge in [0.2, 0.25) is 5.91 Å². The molecule has 1 unspecified atom stereocenters. The van der Waals surface area contributed by atoms with E-state index in [4.69, 9.17) is 0 Å². The molecule has 28 heavy (non-hydrogen) atoms. The summed E-state index contributed by atoms with van der Waals surface area (Å²) in [6.45, 7) is 5.50. The van der Waals surface area contributed by atoms with Crippen LogP contribution in [0.4, 0.5) is 5.69 Å². The summed E-state index contributed by atoms with van der Waals surface area (Å²) in [5, 5.41) is 0. The number of rotatable bonds is 5. The Morgan fingerprint density at radius 2 is 1.71 bits per heavy atom. The van der Waals surface area contributed by atoms with E-state index in [0.717, 1.165) is 37.1 Å². The molecule has 1 aliphatic heterocycles. The summed E-state index contributed by atoms with van der Waals surface area (Å²) in [6, 6.07) is 16.2. The van der Waals surface area contributed by atoms with Gasteiger partial charge in [-0.1, -0.05) is 37.3 Å². The predicted octanol–water partition coefficient (Wildman–Crippen LogP) is 4.39. The highest BCUT2D eigenvalue weighted by atomic mass is 16.2. The van der Waals surface area contributed by atoms with Gasteiger partial charge in [0.15, 0.2) is 0 Å². The summed E-state index contributed by atoms with van der Waals surface area (Å²) in [7, 11) is 0. The molecule has 146 valence electrons. The van der Waals surface area contributed by atoms with Gasteiger partial charge >= 0.3 is 0 Å². The fourth-order valence-electron chi connectivity index (χ4n) is 4.25. The molecule has 4 rings (SSSR count). The minimum Gasteiger partial charge on any atom is -0.339 e. The Morgan fingerprint density at radius 1 is 1.00 bits per heavy atom. The van der Waals surface area contributed by atoms with Crippen LogP contribution in [0.5, 0.6) is 0 Å². The van der Waals surface area contributed by atoms with Crippen molar-refractivity contribution in [1.82, 2.24) is 4.90 Å². The number of fused-ring (bicyclic) bond motifs is 1. The lowest BCUT2D eigenvalue weighted by molar-refractivity contribution is -0.133. The normalized spacial score (nSPS) is 18.5. The van der Waals surface area contributed by atoms with Gasteiger partial charge in [0.05, 0.1) is 5.92 Å². The molecule has 2 amide bonds. The van der Waals surface area contributed by atoms with Crippen molar-refractivity contribution in [2.75, 3.05) is 18.0 Å². The first kappa shape index (κ1) is 18.7. The third kappa shape index (κ3) is 3.44. The lowest BCUT2D eigenvalue weighted by Gasteiger charge is -2.36. The quantitative estimate of drug-likeness (QED) is 0.776. The van der Waals surface area contributed by atoms with E-state index in [0.29, 0.717) is 24.6 Å². The van der Waals surface area contributed by atoms with Crippen molar-refractivity contribution in [2.24, 2.45) is 0 Å². The van der Waals surface area contributed by atoms with Crippen molar-refractivity contribution in [3.8, 4) is 0 Å². The van der Waals surface area contributed by atoms with Crippen molar-refractivity contribution in [1.29, 1.82) is 0 Å². The van der Waals surface area contributed by atoms with Crippen molar-refractivity contribution in [3.05, 3.63) is 65.2 Å². The molecule has 4 heteroatoms. The maximum Gasteiger partial charge on any atom is 0.258 e. The van der Waals surface area contributed by atoms with E-state index in [1.165, 1.54) is 5.56 Å². The fraction of sp³-hybridized carbons (Fsp3) is 0.417. The third-order valence-corrected chi connectivity index (χ3v) is 6.01. The number of anilines is 1. The topological polar surface area (TPSA) is 40.6 Å². The number of carbonyl (C=O) groups excluding carboxylic acids is 2. The summed E-state index contributed by atoms with van der Waals surface area (Å²) in [4.78, 5) is 30.3. The molecule has 1 aliphatic carbocycles. The van der Waals surface area contributed by atoms with Crippen molar-refractivity contribution in [3.63, 3.8) is 0 Å². The first-order chi connectivity index (χ1) is 13.6. The Labute approximate surface area is 167 Å². The molecule has 1 atom stereocenters. The van der Waals surface area contributed by atoms with E-state index in [1.54, 1.807) is 0 Å². The van der Waals surface area contributed by atoms with Gasteiger partial charge in [-0.25, -0.2) is 0 Å². The van der Waals surface area contributed by atoms with E-state index in [9.17, 15) is 9.59 Å². The molecular weight excluding hydrogens is 348 g/mol. The van der Waals surface area contributed by atoms with E-state index < -0.39 is 0 Å². The SMILES string of the molecule is CCc1ccc(C(=O)N2CCC(C(=O)N(CC)C3CC3)c3ccccc32)cc1. The van der Waals surface area contributed by atoms with Gasteiger partial charge in [-0.15, -0.1) is 0 Å². The lowest BCUT2D eigenvalue weighted by Crippen LogP contribution is -2.43. The van der Waals surface area contributed by atoms with Gasteiger partial charge < -0.3 is 9.80 Å². The largest absolute Gasteiger partial charge is 0.339 e. The van der Waals surface area contributed by atoms with Crippen molar-refractivity contribution in [2.45, 2.75) is 51.5 Å². The number of para-hydroxylation sites is 1. The number of carbonyl (C=O) groups is 2. The van der Waals surface area contributed by atoms with Gasteiger partial charge in [-0.05, 0) is 61.9 Å². The highest BCUT2D eigenvalue weighted by molar-refractivity contribution is 6.07. The molecule has 0 aromatic heterocycles. The summed E-state index contributed by atoms with van der Waals surface area (Å²) in [5.74, 6) is 0.0793. The highest BCUT2D eigenvalue weighted by Crippen LogP contribution is 2.39. The van der Waals surface area contributed by atoms with Crippen molar-refractivity contribution < 1.29 is 9.59 Å². The summed E-state index contributed by atoms with van der Waals surface area (Å²) in [5.41, 5.74) is 3.78. The Balaban J connectivity index is 1.62. The summed E-state index contributed by atoms with van der Waals surface area (Å²) in [6.07, 6.45) is 3.87. The van der Waals surface area contributed by atoms with Crippen LogP contribution >= 0.6 is 0 Å². The molecular formula is C24H28N2O2. The van der Waals surface area contributed by atoms with E-state index in [2.05, 4.69) is 13.8 Å². The molecule has 0 N–H and O–H groups in total. The Morgan fingerprint density at radius 3 is 2.36 bits per heavy atom. The van der Waals surface area contributed by atoms with Gasteiger partial charge in [0.1, 0.15) is 0 Å². The second-order valence-electron chi connectivity index (χ2n) is 7.76. The lowest BCUT2D eigenvalue weighted by atomic mass is 9.88. The Hall–Kier alpha value is -2.62.